The van der Waals surface area contributed by atoms with Crippen LogP contribution >= 0.6 is 0 Å². The first-order chi connectivity index (χ1) is 26.1. The molecule has 0 aromatic heterocycles. The molecule has 0 atom stereocenters. The molecular formula is C52H68O3. The van der Waals surface area contributed by atoms with Gasteiger partial charge in [0.15, 0.2) is 0 Å². The highest BCUT2D eigenvalue weighted by Gasteiger charge is 2.03. The molecule has 0 spiro atoms. The molecule has 6 rings (SSSR count). The Labute approximate surface area is 334 Å². The third kappa shape index (κ3) is 19.4. The van der Waals surface area contributed by atoms with Crippen molar-refractivity contribution >= 4 is 0 Å². The molecule has 0 amide bonds. The molecule has 294 valence electrons. The zero-order valence-electron chi connectivity index (χ0n) is 36.0. The van der Waals surface area contributed by atoms with Crippen molar-refractivity contribution in [1.82, 2.24) is 0 Å². The fraction of sp³-hybridized carbons (Fsp3) is 0.308. The molecule has 0 saturated heterocycles. The Bertz CT molecular complexity index is 1820. The van der Waals surface area contributed by atoms with Gasteiger partial charge in [-0.25, -0.2) is 0 Å². The maximum Gasteiger partial charge on any atom is 0.0684 e. The topological polar surface area (TPSA) is 60.7 Å². The zero-order chi connectivity index (χ0) is 41.5. The number of aliphatic hydroxyl groups is 3. The maximum absolute atomic E-state index is 8.81. The molecular weight excluding hydrogens is 673 g/mol. The van der Waals surface area contributed by atoms with E-state index in [0.29, 0.717) is 0 Å². The summed E-state index contributed by atoms with van der Waals surface area (Å²) >= 11 is 0. The van der Waals surface area contributed by atoms with E-state index in [2.05, 4.69) is 152 Å². The third-order valence-electron chi connectivity index (χ3n) is 9.06. The molecule has 0 heterocycles. The van der Waals surface area contributed by atoms with Gasteiger partial charge in [-0.1, -0.05) is 166 Å². The van der Waals surface area contributed by atoms with E-state index in [1.807, 2.05) is 52.0 Å². The molecule has 0 saturated carbocycles. The van der Waals surface area contributed by atoms with Gasteiger partial charge in [0.05, 0.1) is 13.2 Å². The minimum absolute atomic E-state index is 0.145. The molecule has 3 nitrogen and oxygen atoms in total. The lowest BCUT2D eigenvalue weighted by atomic mass is 9.95. The monoisotopic (exact) mass is 741 g/mol. The van der Waals surface area contributed by atoms with Gasteiger partial charge in [-0.3, -0.25) is 0 Å². The second-order valence-electron chi connectivity index (χ2n) is 14.5. The predicted octanol–water partition coefficient (Wildman–Crippen LogP) is 12.3. The van der Waals surface area contributed by atoms with E-state index in [9.17, 15) is 0 Å². The highest BCUT2D eigenvalue weighted by Crippen LogP contribution is 2.19. The summed E-state index contributed by atoms with van der Waals surface area (Å²) in [6, 6.07) is 42.4. The largest absolute Gasteiger partial charge is 0.400 e. The van der Waals surface area contributed by atoms with E-state index in [1.165, 1.54) is 77.9 Å². The Morgan fingerprint density at radius 2 is 0.509 bits per heavy atom. The van der Waals surface area contributed by atoms with Crippen LogP contribution in [0.3, 0.4) is 0 Å². The fourth-order valence-corrected chi connectivity index (χ4v) is 5.95. The summed E-state index contributed by atoms with van der Waals surface area (Å²) in [5.74, 6) is 0. The molecule has 0 bridgehead atoms. The number of aryl methyl sites for hydroxylation is 12. The number of aliphatic hydroxyl groups excluding tert-OH is 3. The minimum atomic E-state index is 0.145. The van der Waals surface area contributed by atoms with Crippen LogP contribution in [0.15, 0.2) is 121 Å². The van der Waals surface area contributed by atoms with Crippen LogP contribution in [-0.2, 0) is 19.6 Å². The van der Waals surface area contributed by atoms with Gasteiger partial charge in [-0.15, -0.1) is 0 Å². The SMILES string of the molecule is CO.Cc1ccc(CO)c(C)c1.Cc1ccc(CO)c(C)c1.Cc1ccc(Cc2ccc(C)cc2C)c(C)c1.Cc1cccc(C)c1.Cc1cccc(C)c1. The molecule has 6 aromatic carbocycles. The van der Waals surface area contributed by atoms with Crippen molar-refractivity contribution in [3.63, 3.8) is 0 Å². The van der Waals surface area contributed by atoms with E-state index in [4.69, 9.17) is 15.3 Å². The predicted molar refractivity (Wildman–Crippen MR) is 238 cm³/mol. The zero-order valence-corrected chi connectivity index (χ0v) is 36.0. The van der Waals surface area contributed by atoms with Crippen LogP contribution in [0.5, 0.6) is 0 Å². The van der Waals surface area contributed by atoms with E-state index >= 15 is 0 Å². The Hall–Kier alpha value is -4.80. The highest BCUT2D eigenvalue weighted by atomic mass is 16.3. The van der Waals surface area contributed by atoms with E-state index in [0.717, 1.165) is 24.7 Å². The first-order valence-corrected chi connectivity index (χ1v) is 19.1. The van der Waals surface area contributed by atoms with Crippen molar-refractivity contribution in [2.45, 2.75) is 103 Å². The number of benzene rings is 6. The Morgan fingerprint density at radius 3 is 0.691 bits per heavy atom. The first-order valence-electron chi connectivity index (χ1n) is 19.1. The summed E-state index contributed by atoms with van der Waals surface area (Å²) in [4.78, 5) is 0. The van der Waals surface area contributed by atoms with Crippen molar-refractivity contribution in [3.8, 4) is 0 Å². The van der Waals surface area contributed by atoms with E-state index in [-0.39, 0.29) is 13.2 Å². The van der Waals surface area contributed by atoms with Crippen LogP contribution in [0.2, 0.25) is 0 Å². The maximum atomic E-state index is 8.81. The standard InChI is InChI=1S/C17H20.2C9H12O.2C8H10.CH4O/c1-12-5-7-16(14(3)9-12)11-17-8-6-13(2)10-15(17)4;2*1-7-3-4-9(6-10)8(2)5-7;2*1-7-4-3-5-8(2)6-7;1-2/h5-10H,11H2,1-4H3;2*3-5,10H,6H2,1-2H3;2*3-6H,1-2H3;2H,1H3. The molecule has 3 N–H and O–H groups in total. The van der Waals surface area contributed by atoms with Gasteiger partial charge in [0, 0.05) is 7.11 Å². The number of hydrogen-bond acceptors (Lipinski definition) is 3. The Kier molecular flexibility index (Phi) is 22.9. The Morgan fingerprint density at radius 1 is 0.291 bits per heavy atom. The van der Waals surface area contributed by atoms with Gasteiger partial charge in [-0.2, -0.15) is 0 Å². The Balaban J connectivity index is 0.000000351. The summed E-state index contributed by atoms with van der Waals surface area (Å²) < 4.78 is 0. The quantitative estimate of drug-likeness (QED) is 0.169. The second kappa shape index (κ2) is 26.1. The van der Waals surface area contributed by atoms with E-state index in [1.54, 1.807) is 0 Å². The average Bonchev–Trinajstić information content (AvgIpc) is 3.12. The second-order valence-corrected chi connectivity index (χ2v) is 14.5. The molecule has 0 unspecified atom stereocenters. The molecule has 3 heteroatoms. The molecule has 6 aromatic rings. The van der Waals surface area contributed by atoms with Crippen LogP contribution in [0, 0.1) is 83.1 Å². The molecule has 0 aliphatic heterocycles. The molecule has 55 heavy (non-hydrogen) atoms. The van der Waals surface area contributed by atoms with Gasteiger partial charge in [0.25, 0.3) is 0 Å². The molecule has 0 aliphatic carbocycles. The fourth-order valence-electron chi connectivity index (χ4n) is 5.95. The van der Waals surface area contributed by atoms with Crippen LogP contribution in [-0.4, -0.2) is 22.4 Å². The van der Waals surface area contributed by atoms with Gasteiger partial charge in [0.1, 0.15) is 0 Å². The van der Waals surface area contributed by atoms with Crippen molar-refractivity contribution in [2.75, 3.05) is 7.11 Å². The third-order valence-corrected chi connectivity index (χ3v) is 9.06. The smallest absolute Gasteiger partial charge is 0.0684 e. The lowest BCUT2D eigenvalue weighted by Gasteiger charge is -2.10. The average molecular weight is 741 g/mol. The first kappa shape index (κ1) is 48.2. The number of rotatable bonds is 4. The lowest BCUT2D eigenvalue weighted by Crippen LogP contribution is -1.95. The van der Waals surface area contributed by atoms with Gasteiger partial charge in [-0.05, 0) is 134 Å². The lowest BCUT2D eigenvalue weighted by molar-refractivity contribution is 0.281. The summed E-state index contributed by atoms with van der Waals surface area (Å²) in [5.41, 5.74) is 20.6. The van der Waals surface area contributed by atoms with Crippen LogP contribution in [0.4, 0.5) is 0 Å². The molecule has 0 aliphatic rings. The number of hydrogen-bond donors (Lipinski definition) is 3. The van der Waals surface area contributed by atoms with Crippen LogP contribution < -0.4 is 0 Å². The summed E-state index contributed by atoms with van der Waals surface area (Å²) in [6.07, 6.45) is 1.04. The van der Waals surface area contributed by atoms with Gasteiger partial charge in [0.2, 0.25) is 0 Å². The van der Waals surface area contributed by atoms with Gasteiger partial charge >= 0.3 is 0 Å². The van der Waals surface area contributed by atoms with Crippen molar-refractivity contribution in [2.24, 2.45) is 0 Å². The minimum Gasteiger partial charge on any atom is -0.400 e. The van der Waals surface area contributed by atoms with Crippen LogP contribution in [0.25, 0.3) is 0 Å². The summed E-state index contributed by atoms with van der Waals surface area (Å²) in [7, 11) is 1.00. The van der Waals surface area contributed by atoms with Crippen molar-refractivity contribution < 1.29 is 15.3 Å². The van der Waals surface area contributed by atoms with Crippen molar-refractivity contribution in [3.05, 3.63) is 210 Å². The molecule has 0 fully saturated rings. The highest BCUT2D eigenvalue weighted by molar-refractivity contribution is 5.39. The van der Waals surface area contributed by atoms with E-state index < -0.39 is 0 Å². The summed E-state index contributed by atoms with van der Waals surface area (Å²) in [5, 5.41) is 24.6. The summed E-state index contributed by atoms with van der Waals surface area (Å²) in [6.45, 7) is 25.5. The van der Waals surface area contributed by atoms with Crippen molar-refractivity contribution in [1.29, 1.82) is 0 Å². The van der Waals surface area contributed by atoms with Crippen LogP contribution in [0.1, 0.15) is 89.0 Å². The van der Waals surface area contributed by atoms with Gasteiger partial charge < -0.3 is 15.3 Å². The normalized spacial score (nSPS) is 9.67. The molecule has 0 radical (unpaired) electrons.